The van der Waals surface area contributed by atoms with Gasteiger partial charge in [0.05, 0.1) is 17.3 Å². The quantitative estimate of drug-likeness (QED) is 0.709. The number of oxazole rings is 1. The van der Waals surface area contributed by atoms with Crippen LogP contribution in [0.5, 0.6) is 0 Å². The minimum atomic E-state index is -0.444. The van der Waals surface area contributed by atoms with Crippen molar-refractivity contribution in [1.29, 1.82) is 0 Å². The fourth-order valence-corrected chi connectivity index (χ4v) is 1.81. The second-order valence-corrected chi connectivity index (χ2v) is 4.18. The summed E-state index contributed by atoms with van der Waals surface area (Å²) in [6.45, 7) is 0.306. The number of rotatable bonds is 2. The van der Waals surface area contributed by atoms with E-state index in [0.29, 0.717) is 22.8 Å². The summed E-state index contributed by atoms with van der Waals surface area (Å²) in [6.07, 6.45) is 3.15. The van der Waals surface area contributed by atoms with E-state index in [2.05, 4.69) is 9.97 Å². The predicted octanol–water partition coefficient (Wildman–Crippen LogP) is 2.09. The summed E-state index contributed by atoms with van der Waals surface area (Å²) >= 11 is 5.76. The normalized spacial score (nSPS) is 10.9. The Labute approximate surface area is 107 Å². The van der Waals surface area contributed by atoms with Gasteiger partial charge in [0.25, 0.3) is 0 Å². The van der Waals surface area contributed by atoms with Crippen molar-refractivity contribution in [2.75, 3.05) is 0 Å². The Kier molecular flexibility index (Phi) is 2.60. The van der Waals surface area contributed by atoms with Crippen LogP contribution in [0.25, 0.3) is 11.2 Å². The van der Waals surface area contributed by atoms with Crippen LogP contribution in [0.1, 0.15) is 5.69 Å². The molecule has 0 radical (unpaired) electrons. The molecule has 0 aliphatic heterocycles. The molecule has 0 atom stereocenters. The van der Waals surface area contributed by atoms with Crippen molar-refractivity contribution in [3.05, 3.63) is 57.9 Å². The molecule has 5 nitrogen and oxygen atoms in total. The van der Waals surface area contributed by atoms with Crippen molar-refractivity contribution in [2.24, 2.45) is 0 Å². The topological polar surface area (TPSA) is 60.9 Å². The van der Waals surface area contributed by atoms with Gasteiger partial charge in [-0.1, -0.05) is 11.6 Å². The molecule has 3 heterocycles. The lowest BCUT2D eigenvalue weighted by atomic mass is 10.3. The van der Waals surface area contributed by atoms with Crippen LogP contribution >= 0.6 is 11.6 Å². The molecule has 0 bridgehead atoms. The molecular weight excluding hydrogens is 254 g/mol. The van der Waals surface area contributed by atoms with E-state index >= 15 is 0 Å². The molecule has 0 fully saturated rings. The van der Waals surface area contributed by atoms with Crippen LogP contribution in [-0.2, 0) is 6.54 Å². The number of hydrogen-bond donors (Lipinski definition) is 0. The van der Waals surface area contributed by atoms with Gasteiger partial charge in [0.15, 0.2) is 11.2 Å². The largest absolute Gasteiger partial charge is 0.421 e. The molecule has 18 heavy (non-hydrogen) atoms. The maximum absolute atomic E-state index is 11.7. The molecule has 3 aromatic rings. The average Bonchev–Trinajstić information content (AvgIpc) is 2.69. The van der Waals surface area contributed by atoms with Gasteiger partial charge >= 0.3 is 5.76 Å². The molecule has 0 N–H and O–H groups in total. The van der Waals surface area contributed by atoms with Gasteiger partial charge in [-0.05, 0) is 24.3 Å². The fourth-order valence-electron chi connectivity index (χ4n) is 1.70. The van der Waals surface area contributed by atoms with Gasteiger partial charge in [-0.3, -0.25) is 9.55 Å². The lowest BCUT2D eigenvalue weighted by Crippen LogP contribution is -2.16. The highest BCUT2D eigenvalue weighted by Gasteiger charge is 2.10. The number of pyridine rings is 2. The molecule has 0 amide bonds. The van der Waals surface area contributed by atoms with Gasteiger partial charge in [0.2, 0.25) is 0 Å². The van der Waals surface area contributed by atoms with Crippen LogP contribution in [0, 0.1) is 0 Å². The third kappa shape index (κ3) is 1.89. The first kappa shape index (κ1) is 11.0. The average molecular weight is 262 g/mol. The van der Waals surface area contributed by atoms with Gasteiger partial charge in [-0.15, -0.1) is 0 Å². The minimum absolute atomic E-state index is 0.306. The van der Waals surface area contributed by atoms with E-state index in [1.807, 2.05) is 0 Å². The summed E-state index contributed by atoms with van der Waals surface area (Å²) in [6, 6.07) is 6.91. The van der Waals surface area contributed by atoms with Crippen molar-refractivity contribution in [1.82, 2.24) is 14.5 Å². The molecule has 0 unspecified atom stereocenters. The van der Waals surface area contributed by atoms with Gasteiger partial charge in [0.1, 0.15) is 0 Å². The van der Waals surface area contributed by atoms with Gasteiger partial charge in [-0.2, -0.15) is 0 Å². The van der Waals surface area contributed by atoms with E-state index in [-0.39, 0.29) is 0 Å². The van der Waals surface area contributed by atoms with Crippen molar-refractivity contribution >= 4 is 22.8 Å². The molecule has 6 heteroatoms. The maximum Gasteiger partial charge on any atom is 0.421 e. The van der Waals surface area contributed by atoms with Crippen LogP contribution in [0.4, 0.5) is 0 Å². The monoisotopic (exact) mass is 261 g/mol. The van der Waals surface area contributed by atoms with Crippen LogP contribution < -0.4 is 5.76 Å². The molecular formula is C12H8ClN3O2. The Hall–Kier alpha value is -2.14. The summed E-state index contributed by atoms with van der Waals surface area (Å²) in [5, 5.41) is 0.557. The zero-order valence-corrected chi connectivity index (χ0v) is 9.96. The zero-order chi connectivity index (χ0) is 12.5. The summed E-state index contributed by atoms with van der Waals surface area (Å²) in [4.78, 5) is 20.0. The smallest absolute Gasteiger partial charge is 0.406 e. The van der Waals surface area contributed by atoms with Crippen molar-refractivity contribution in [3.63, 3.8) is 0 Å². The Morgan fingerprint density at radius 3 is 2.94 bits per heavy atom. The summed E-state index contributed by atoms with van der Waals surface area (Å²) in [5.41, 5.74) is 1.70. The standard InChI is InChI=1S/C12H8ClN3O2/c13-8-3-4-9(15-6-8)7-16-11-10(18-12(16)17)2-1-5-14-11/h1-6H,7H2. The van der Waals surface area contributed by atoms with Gasteiger partial charge in [-0.25, -0.2) is 9.78 Å². The third-order valence-corrected chi connectivity index (χ3v) is 2.76. The molecule has 0 spiro atoms. The van der Waals surface area contributed by atoms with Crippen molar-refractivity contribution in [3.8, 4) is 0 Å². The number of halogens is 1. The van der Waals surface area contributed by atoms with Crippen molar-refractivity contribution < 1.29 is 4.42 Å². The van der Waals surface area contributed by atoms with E-state index in [0.717, 1.165) is 5.69 Å². The lowest BCUT2D eigenvalue weighted by Gasteiger charge is -2.00. The molecule has 0 aromatic carbocycles. The Bertz CT molecular complexity index is 746. The van der Waals surface area contributed by atoms with Gasteiger partial charge < -0.3 is 4.42 Å². The molecule has 3 aromatic heterocycles. The highest BCUT2D eigenvalue weighted by Crippen LogP contribution is 2.11. The van der Waals surface area contributed by atoms with E-state index in [1.165, 1.54) is 10.8 Å². The van der Waals surface area contributed by atoms with E-state index in [4.69, 9.17) is 16.0 Å². The second kappa shape index (κ2) is 4.27. The first-order chi connectivity index (χ1) is 8.74. The number of aromatic nitrogens is 3. The molecule has 0 saturated carbocycles. The highest BCUT2D eigenvalue weighted by atomic mass is 35.5. The van der Waals surface area contributed by atoms with E-state index in [9.17, 15) is 4.79 Å². The molecule has 0 aliphatic rings. The number of fused-ring (bicyclic) bond motifs is 1. The maximum atomic E-state index is 11.7. The van der Waals surface area contributed by atoms with E-state index in [1.54, 1.807) is 30.5 Å². The Morgan fingerprint density at radius 2 is 2.17 bits per heavy atom. The molecule has 90 valence electrons. The molecule has 0 aliphatic carbocycles. The summed E-state index contributed by atoms with van der Waals surface area (Å²) in [7, 11) is 0. The van der Waals surface area contributed by atoms with Crippen molar-refractivity contribution in [2.45, 2.75) is 6.54 Å². The minimum Gasteiger partial charge on any atom is -0.406 e. The van der Waals surface area contributed by atoms with Gasteiger partial charge in [0, 0.05) is 12.4 Å². The van der Waals surface area contributed by atoms with E-state index < -0.39 is 5.76 Å². The number of nitrogens with zero attached hydrogens (tertiary/aromatic N) is 3. The fraction of sp³-hybridized carbons (Fsp3) is 0.0833. The van der Waals surface area contributed by atoms with Crippen LogP contribution in [-0.4, -0.2) is 14.5 Å². The highest BCUT2D eigenvalue weighted by molar-refractivity contribution is 6.30. The predicted molar refractivity (Wildman–Crippen MR) is 66.6 cm³/mol. The van der Waals surface area contributed by atoms with Crippen LogP contribution in [0.15, 0.2) is 45.9 Å². The lowest BCUT2D eigenvalue weighted by molar-refractivity contribution is 0.516. The third-order valence-electron chi connectivity index (χ3n) is 2.53. The molecule has 0 saturated heterocycles. The molecule has 3 rings (SSSR count). The van der Waals surface area contributed by atoms with Crippen LogP contribution in [0.3, 0.4) is 0 Å². The van der Waals surface area contributed by atoms with Crippen LogP contribution in [0.2, 0.25) is 5.02 Å². The Morgan fingerprint density at radius 1 is 1.28 bits per heavy atom. The number of hydrogen-bond acceptors (Lipinski definition) is 4. The SMILES string of the molecule is O=c1oc2cccnc2n1Cc1ccc(Cl)cn1. The Balaban J connectivity index is 2.07. The first-order valence-electron chi connectivity index (χ1n) is 5.29. The second-order valence-electron chi connectivity index (χ2n) is 3.75. The summed E-state index contributed by atoms with van der Waals surface area (Å²) < 4.78 is 6.52. The summed E-state index contributed by atoms with van der Waals surface area (Å²) in [5.74, 6) is -0.444. The zero-order valence-electron chi connectivity index (χ0n) is 9.21. The first-order valence-corrected chi connectivity index (χ1v) is 5.66.